The Balaban J connectivity index is 0.000000640. The molecule has 0 aromatic heterocycles. The highest BCUT2D eigenvalue weighted by Gasteiger charge is 2.37. The maximum absolute atomic E-state index is 11.6. The highest BCUT2D eigenvalue weighted by molar-refractivity contribution is 6.74. The molecule has 0 bridgehead atoms. The molecule has 1 aliphatic rings. The highest BCUT2D eigenvalue weighted by atomic mass is 28.4. The normalized spacial score (nSPS) is 16.3. The first-order valence-corrected chi connectivity index (χ1v) is 11.4. The molecule has 0 atom stereocenters. The predicted molar refractivity (Wildman–Crippen MR) is 99.5 cm³/mol. The monoisotopic (exact) mass is 360 g/mol. The lowest BCUT2D eigenvalue weighted by atomic mass is 10.2. The number of rotatable bonds is 5. The van der Waals surface area contributed by atoms with Gasteiger partial charge in [-0.25, -0.2) is 0 Å². The molecule has 0 spiro atoms. The number of nitrogens with zero attached hydrogens (tertiary/aromatic N) is 1. The van der Waals surface area contributed by atoms with Gasteiger partial charge < -0.3 is 19.4 Å². The molecular weight excluding hydrogens is 324 g/mol. The molecule has 7 heteroatoms. The Kier molecular flexibility index (Phi) is 9.16. The van der Waals surface area contributed by atoms with Crippen molar-refractivity contribution >= 4 is 20.7 Å². The second-order valence-electron chi connectivity index (χ2n) is 8.49. The van der Waals surface area contributed by atoms with Crippen molar-refractivity contribution in [2.24, 2.45) is 0 Å². The molecule has 142 valence electrons. The van der Waals surface area contributed by atoms with Gasteiger partial charge in [-0.05, 0) is 38.9 Å². The SMILES string of the molecule is CC(C)(C)OC=O.CC(C)(C)[Si](C)(C)OCCN1CCNCC1=O. The Morgan fingerprint density at radius 2 is 1.79 bits per heavy atom. The van der Waals surface area contributed by atoms with Gasteiger partial charge in [-0.15, -0.1) is 0 Å². The number of hydrogen-bond donors (Lipinski definition) is 1. The molecule has 6 nitrogen and oxygen atoms in total. The number of nitrogens with one attached hydrogen (secondary N) is 1. The molecule has 0 radical (unpaired) electrons. The quantitative estimate of drug-likeness (QED) is 0.602. The topological polar surface area (TPSA) is 67.9 Å². The van der Waals surface area contributed by atoms with Crippen molar-refractivity contribution in [2.45, 2.75) is 65.3 Å². The zero-order valence-corrected chi connectivity index (χ0v) is 17.7. The van der Waals surface area contributed by atoms with Crippen LogP contribution in [0.5, 0.6) is 0 Å². The maximum Gasteiger partial charge on any atom is 0.293 e. The summed E-state index contributed by atoms with van der Waals surface area (Å²) >= 11 is 0. The first-order chi connectivity index (χ1) is 10.8. The van der Waals surface area contributed by atoms with E-state index in [0.717, 1.165) is 19.6 Å². The molecule has 0 aromatic carbocycles. The van der Waals surface area contributed by atoms with Crippen LogP contribution in [0.3, 0.4) is 0 Å². The average Bonchev–Trinajstić information content (AvgIpc) is 2.39. The zero-order valence-electron chi connectivity index (χ0n) is 16.7. The Morgan fingerprint density at radius 1 is 1.21 bits per heavy atom. The van der Waals surface area contributed by atoms with Gasteiger partial charge in [-0.1, -0.05) is 20.8 Å². The van der Waals surface area contributed by atoms with Gasteiger partial charge in [0, 0.05) is 19.6 Å². The van der Waals surface area contributed by atoms with Crippen LogP contribution in [-0.4, -0.2) is 64.0 Å². The first kappa shape index (κ1) is 23.1. The van der Waals surface area contributed by atoms with Crippen molar-refractivity contribution in [1.82, 2.24) is 10.2 Å². The summed E-state index contributed by atoms with van der Waals surface area (Å²) in [4.78, 5) is 23.1. The number of carbonyl (C=O) groups excluding carboxylic acids is 2. The van der Waals surface area contributed by atoms with Crippen molar-refractivity contribution in [3.05, 3.63) is 0 Å². The zero-order chi connectivity index (χ0) is 19.0. The van der Waals surface area contributed by atoms with E-state index in [1.807, 2.05) is 25.7 Å². The molecular formula is C17H36N2O4Si. The minimum absolute atomic E-state index is 0.190. The van der Waals surface area contributed by atoms with Gasteiger partial charge in [0.05, 0.1) is 13.2 Å². The van der Waals surface area contributed by atoms with Gasteiger partial charge in [0.25, 0.3) is 6.47 Å². The minimum Gasteiger partial charge on any atom is -0.462 e. The van der Waals surface area contributed by atoms with Crippen LogP contribution in [0.25, 0.3) is 0 Å². The lowest BCUT2D eigenvalue weighted by Crippen LogP contribution is -2.50. The number of ether oxygens (including phenoxy) is 1. The first-order valence-electron chi connectivity index (χ1n) is 8.54. The van der Waals surface area contributed by atoms with E-state index in [9.17, 15) is 9.59 Å². The summed E-state index contributed by atoms with van der Waals surface area (Å²) in [5.41, 5.74) is -0.318. The number of amides is 1. The Hall–Kier alpha value is -0.923. The number of carbonyl (C=O) groups is 2. The molecule has 1 heterocycles. The van der Waals surface area contributed by atoms with Crippen molar-refractivity contribution in [2.75, 3.05) is 32.8 Å². The summed E-state index contributed by atoms with van der Waals surface area (Å²) in [5, 5.41) is 3.31. The summed E-state index contributed by atoms with van der Waals surface area (Å²) in [6, 6.07) is 0. The van der Waals surface area contributed by atoms with E-state index < -0.39 is 8.32 Å². The van der Waals surface area contributed by atoms with Crippen LogP contribution in [-0.2, 0) is 18.8 Å². The summed E-state index contributed by atoms with van der Waals surface area (Å²) in [6.45, 7) is 20.7. The average molecular weight is 361 g/mol. The van der Waals surface area contributed by atoms with Crippen molar-refractivity contribution < 1.29 is 18.8 Å². The lowest BCUT2D eigenvalue weighted by molar-refractivity contribution is -0.138. The van der Waals surface area contributed by atoms with E-state index in [0.29, 0.717) is 19.6 Å². The van der Waals surface area contributed by atoms with Gasteiger partial charge in [-0.3, -0.25) is 9.59 Å². The molecule has 0 saturated carbocycles. The molecule has 1 fully saturated rings. The second kappa shape index (κ2) is 9.53. The third kappa shape index (κ3) is 9.39. The second-order valence-corrected chi connectivity index (χ2v) is 13.3. The van der Waals surface area contributed by atoms with Gasteiger partial charge in [0.2, 0.25) is 5.91 Å². The van der Waals surface area contributed by atoms with E-state index in [-0.39, 0.29) is 16.5 Å². The van der Waals surface area contributed by atoms with Crippen molar-refractivity contribution in [3.8, 4) is 0 Å². The summed E-state index contributed by atoms with van der Waals surface area (Å²) < 4.78 is 10.6. The van der Waals surface area contributed by atoms with Crippen molar-refractivity contribution in [3.63, 3.8) is 0 Å². The molecule has 1 saturated heterocycles. The van der Waals surface area contributed by atoms with Crippen molar-refractivity contribution in [1.29, 1.82) is 0 Å². The molecule has 1 rings (SSSR count). The summed E-state index contributed by atoms with van der Waals surface area (Å²) in [5.74, 6) is 0.190. The van der Waals surface area contributed by atoms with Crippen LogP contribution in [0.1, 0.15) is 41.5 Å². The van der Waals surface area contributed by atoms with Crippen LogP contribution in [0, 0.1) is 0 Å². The fourth-order valence-electron chi connectivity index (χ4n) is 1.65. The van der Waals surface area contributed by atoms with Crippen LogP contribution in [0.4, 0.5) is 0 Å². The van der Waals surface area contributed by atoms with E-state index >= 15 is 0 Å². The molecule has 24 heavy (non-hydrogen) atoms. The fourth-order valence-corrected chi connectivity index (χ4v) is 2.69. The van der Waals surface area contributed by atoms with E-state index in [4.69, 9.17) is 4.43 Å². The fraction of sp³-hybridized carbons (Fsp3) is 0.882. The minimum atomic E-state index is -1.67. The van der Waals surface area contributed by atoms with Crippen LogP contribution in [0.2, 0.25) is 18.1 Å². The largest absolute Gasteiger partial charge is 0.462 e. The standard InChI is InChI=1S/C12H26N2O2Si.C5H10O2/c1-12(2,3)17(4,5)16-9-8-14-7-6-13-10-11(14)15;1-5(2,3)7-4-6/h13H,6-10H2,1-5H3;4H,1-3H3. The molecule has 1 N–H and O–H groups in total. The summed E-state index contributed by atoms with van der Waals surface area (Å²) in [6.07, 6.45) is 0. The Morgan fingerprint density at radius 3 is 2.17 bits per heavy atom. The predicted octanol–water partition coefficient (Wildman–Crippen LogP) is 2.40. The molecule has 0 unspecified atom stereocenters. The van der Waals surface area contributed by atoms with Crippen LogP contribution in [0.15, 0.2) is 0 Å². The lowest BCUT2D eigenvalue weighted by Gasteiger charge is -2.37. The van der Waals surface area contributed by atoms with E-state index in [1.54, 1.807) is 0 Å². The summed E-state index contributed by atoms with van der Waals surface area (Å²) in [7, 11) is -1.67. The smallest absolute Gasteiger partial charge is 0.293 e. The van der Waals surface area contributed by atoms with Crippen LogP contribution < -0.4 is 5.32 Å². The Bertz CT molecular complexity index is 400. The maximum atomic E-state index is 11.6. The third-order valence-electron chi connectivity index (χ3n) is 4.22. The molecule has 1 amide bonds. The van der Waals surface area contributed by atoms with Gasteiger partial charge in [0.1, 0.15) is 5.60 Å². The molecule has 1 aliphatic heterocycles. The van der Waals surface area contributed by atoms with Gasteiger partial charge in [0.15, 0.2) is 8.32 Å². The van der Waals surface area contributed by atoms with Gasteiger partial charge >= 0.3 is 0 Å². The molecule has 0 aliphatic carbocycles. The highest BCUT2D eigenvalue weighted by Crippen LogP contribution is 2.36. The third-order valence-corrected chi connectivity index (χ3v) is 8.76. The van der Waals surface area contributed by atoms with Crippen LogP contribution >= 0.6 is 0 Å². The number of piperazine rings is 1. The van der Waals surface area contributed by atoms with E-state index in [1.165, 1.54) is 0 Å². The van der Waals surface area contributed by atoms with E-state index in [2.05, 4.69) is 43.9 Å². The molecule has 0 aromatic rings. The Labute approximate surface area is 148 Å². The van der Waals surface area contributed by atoms with Gasteiger partial charge in [-0.2, -0.15) is 0 Å². The number of hydrogen-bond acceptors (Lipinski definition) is 5.